The summed E-state index contributed by atoms with van der Waals surface area (Å²) in [7, 11) is -3.80. The molecule has 34 heavy (non-hydrogen) atoms. The van der Waals surface area contributed by atoms with E-state index in [1.165, 1.54) is 22.5 Å². The molecule has 1 fully saturated rings. The first-order valence-corrected chi connectivity index (χ1v) is 13.2. The number of anilines is 1. The highest BCUT2D eigenvalue weighted by Gasteiger charge is 2.32. The van der Waals surface area contributed by atoms with Gasteiger partial charge in [-0.1, -0.05) is 36.7 Å². The first-order chi connectivity index (χ1) is 16.1. The number of nitrogens with zero attached hydrogens (tertiary/aromatic N) is 1. The molecular formula is C24H29ClFN3O4S. The molecule has 0 unspecified atom stereocenters. The van der Waals surface area contributed by atoms with Gasteiger partial charge in [0, 0.05) is 35.6 Å². The van der Waals surface area contributed by atoms with Crippen LogP contribution in [0.2, 0.25) is 5.02 Å². The van der Waals surface area contributed by atoms with Gasteiger partial charge in [0.2, 0.25) is 15.9 Å². The van der Waals surface area contributed by atoms with Gasteiger partial charge < -0.3 is 10.6 Å². The Bertz CT molecular complexity index is 1130. The summed E-state index contributed by atoms with van der Waals surface area (Å²) in [6, 6.07) is 10.8. The summed E-state index contributed by atoms with van der Waals surface area (Å²) in [5.41, 5.74) is 0.729. The van der Waals surface area contributed by atoms with E-state index < -0.39 is 27.5 Å². The van der Waals surface area contributed by atoms with E-state index in [4.69, 9.17) is 11.6 Å². The van der Waals surface area contributed by atoms with Crippen LogP contribution >= 0.6 is 11.6 Å². The Balaban J connectivity index is 1.62. The molecule has 0 spiro atoms. The minimum atomic E-state index is -3.80. The molecule has 1 aliphatic rings. The molecule has 10 heteroatoms. The highest BCUT2D eigenvalue weighted by Crippen LogP contribution is 2.27. The Hall–Kier alpha value is -2.49. The lowest BCUT2D eigenvalue weighted by atomic mass is 9.97. The number of piperidine rings is 1. The molecule has 7 nitrogen and oxygen atoms in total. The third-order valence-electron chi connectivity index (χ3n) is 6.03. The number of halogens is 2. The summed E-state index contributed by atoms with van der Waals surface area (Å²) < 4.78 is 41.0. The van der Waals surface area contributed by atoms with Gasteiger partial charge in [-0.2, -0.15) is 0 Å². The molecule has 0 saturated carbocycles. The first kappa shape index (κ1) is 26.1. The fourth-order valence-electron chi connectivity index (χ4n) is 3.77. The monoisotopic (exact) mass is 509 g/mol. The minimum Gasteiger partial charge on any atom is -0.350 e. The van der Waals surface area contributed by atoms with Crippen LogP contribution in [-0.4, -0.2) is 43.7 Å². The van der Waals surface area contributed by atoms with E-state index in [1.54, 1.807) is 24.3 Å². The maximum atomic E-state index is 14.1. The van der Waals surface area contributed by atoms with Crippen molar-refractivity contribution in [1.29, 1.82) is 0 Å². The lowest BCUT2D eigenvalue weighted by molar-refractivity contribution is -0.120. The molecule has 0 aliphatic carbocycles. The Labute approximate surface area is 204 Å². The molecule has 0 bridgehead atoms. The van der Waals surface area contributed by atoms with Gasteiger partial charge in [-0.3, -0.25) is 9.59 Å². The molecule has 2 amide bonds. The molecule has 1 heterocycles. The Morgan fingerprint density at radius 1 is 1.15 bits per heavy atom. The lowest BCUT2D eigenvalue weighted by Crippen LogP contribution is -2.42. The molecule has 2 aromatic carbocycles. The van der Waals surface area contributed by atoms with Gasteiger partial charge in [-0.15, -0.1) is 0 Å². The van der Waals surface area contributed by atoms with Crippen molar-refractivity contribution in [3.05, 3.63) is 64.4 Å². The number of carbonyl (C=O) groups excluding carboxylic acids is 2. The summed E-state index contributed by atoms with van der Waals surface area (Å²) in [4.78, 5) is 25.5. The average molecular weight is 510 g/mol. The number of hydrogen-bond donors (Lipinski definition) is 2. The Morgan fingerprint density at radius 2 is 1.82 bits per heavy atom. The van der Waals surface area contributed by atoms with E-state index in [9.17, 15) is 22.4 Å². The summed E-state index contributed by atoms with van der Waals surface area (Å²) in [5, 5.41) is 5.78. The van der Waals surface area contributed by atoms with Crippen molar-refractivity contribution in [3.63, 3.8) is 0 Å². The van der Waals surface area contributed by atoms with Crippen molar-refractivity contribution in [3.8, 4) is 0 Å². The van der Waals surface area contributed by atoms with Crippen LogP contribution in [0.25, 0.3) is 0 Å². The molecular weight excluding hydrogens is 481 g/mol. The van der Waals surface area contributed by atoms with Crippen LogP contribution in [-0.2, 0) is 20.6 Å². The van der Waals surface area contributed by atoms with Gasteiger partial charge in [-0.05, 0) is 50.5 Å². The predicted molar refractivity (Wildman–Crippen MR) is 131 cm³/mol. The Kier molecular flexibility index (Phi) is 8.67. The number of carbonyl (C=O) groups is 2. The molecule has 1 atom stereocenters. The van der Waals surface area contributed by atoms with E-state index in [2.05, 4.69) is 10.6 Å². The summed E-state index contributed by atoms with van der Waals surface area (Å²) in [5.74, 6) is -2.14. The predicted octanol–water partition coefficient (Wildman–Crippen LogP) is 4.19. The van der Waals surface area contributed by atoms with Gasteiger partial charge in [0.15, 0.2) is 0 Å². The Morgan fingerprint density at radius 3 is 2.47 bits per heavy atom. The maximum absolute atomic E-state index is 14.1. The smallest absolute Gasteiger partial charge is 0.253 e. The highest BCUT2D eigenvalue weighted by molar-refractivity contribution is 7.88. The standard InChI is InChI=1S/C24H29ClFN3O4S/c1-3-16(2)27-24(31)18-7-4-5-10-22(18)28-23(30)17-11-13-29(14-12-17)34(32,33)15-19-20(25)8-6-9-21(19)26/h4-10,16-17H,3,11-15H2,1-2H3,(H,27,31)(H,28,30)/t16-/m0/s1. The van der Waals surface area contributed by atoms with E-state index in [-0.39, 0.29) is 41.5 Å². The van der Waals surface area contributed by atoms with E-state index in [1.807, 2.05) is 13.8 Å². The lowest BCUT2D eigenvalue weighted by Gasteiger charge is -2.30. The fourth-order valence-corrected chi connectivity index (χ4v) is 5.69. The van der Waals surface area contributed by atoms with E-state index >= 15 is 0 Å². The number of rotatable bonds is 8. The number of benzene rings is 2. The number of sulfonamides is 1. The van der Waals surface area contributed by atoms with Crippen LogP contribution < -0.4 is 10.6 Å². The fraction of sp³-hybridized carbons (Fsp3) is 0.417. The van der Waals surface area contributed by atoms with Gasteiger partial charge in [0.25, 0.3) is 5.91 Å². The zero-order chi connectivity index (χ0) is 24.9. The molecule has 184 valence electrons. The number of nitrogens with one attached hydrogen (secondary N) is 2. The largest absolute Gasteiger partial charge is 0.350 e. The van der Waals surface area contributed by atoms with Crippen LogP contribution in [0.5, 0.6) is 0 Å². The summed E-state index contributed by atoms with van der Waals surface area (Å²) in [6.45, 7) is 4.16. The molecule has 1 aliphatic heterocycles. The van der Waals surface area contributed by atoms with Crippen LogP contribution in [0.3, 0.4) is 0 Å². The second-order valence-electron chi connectivity index (χ2n) is 8.45. The third kappa shape index (κ3) is 6.34. The first-order valence-electron chi connectivity index (χ1n) is 11.2. The van der Waals surface area contributed by atoms with Crippen LogP contribution in [0.4, 0.5) is 10.1 Å². The van der Waals surface area contributed by atoms with Crippen molar-refractivity contribution in [2.45, 2.75) is 44.9 Å². The summed E-state index contributed by atoms with van der Waals surface area (Å²) >= 11 is 5.98. The number of hydrogen-bond acceptors (Lipinski definition) is 4. The van der Waals surface area contributed by atoms with E-state index in [0.29, 0.717) is 24.1 Å². The molecule has 3 rings (SSSR count). The van der Waals surface area contributed by atoms with Crippen molar-refractivity contribution >= 4 is 39.1 Å². The summed E-state index contributed by atoms with van der Waals surface area (Å²) in [6.07, 6.45) is 1.42. The van der Waals surface area contributed by atoms with Gasteiger partial charge in [0.05, 0.1) is 17.0 Å². The van der Waals surface area contributed by atoms with Crippen LogP contribution in [0.1, 0.15) is 49.0 Å². The van der Waals surface area contributed by atoms with Crippen LogP contribution in [0.15, 0.2) is 42.5 Å². The van der Waals surface area contributed by atoms with Crippen molar-refractivity contribution in [2.75, 3.05) is 18.4 Å². The zero-order valence-corrected chi connectivity index (χ0v) is 20.8. The second-order valence-corrected chi connectivity index (χ2v) is 10.8. The number of amides is 2. The third-order valence-corrected chi connectivity index (χ3v) is 8.19. The minimum absolute atomic E-state index is 0.00164. The highest BCUT2D eigenvalue weighted by atomic mass is 35.5. The molecule has 0 radical (unpaired) electrons. The topological polar surface area (TPSA) is 95.6 Å². The van der Waals surface area contributed by atoms with Crippen LogP contribution in [0, 0.1) is 11.7 Å². The zero-order valence-electron chi connectivity index (χ0n) is 19.2. The molecule has 1 saturated heterocycles. The number of para-hydroxylation sites is 1. The van der Waals surface area contributed by atoms with Gasteiger partial charge in [-0.25, -0.2) is 17.1 Å². The normalized spacial score (nSPS) is 16.1. The second kappa shape index (κ2) is 11.3. The van der Waals surface area contributed by atoms with Gasteiger partial charge in [0.1, 0.15) is 5.82 Å². The average Bonchev–Trinajstić information content (AvgIpc) is 2.81. The molecule has 2 aromatic rings. The SMILES string of the molecule is CC[C@H](C)NC(=O)c1ccccc1NC(=O)C1CCN(S(=O)(=O)Cc2c(F)cccc2Cl)CC1. The van der Waals surface area contributed by atoms with Crippen molar-refractivity contribution in [1.82, 2.24) is 9.62 Å². The van der Waals surface area contributed by atoms with Crippen molar-refractivity contribution < 1.29 is 22.4 Å². The van der Waals surface area contributed by atoms with Gasteiger partial charge >= 0.3 is 0 Å². The molecule has 2 N–H and O–H groups in total. The van der Waals surface area contributed by atoms with Crippen molar-refractivity contribution in [2.24, 2.45) is 5.92 Å². The molecule has 0 aromatic heterocycles. The quantitative estimate of drug-likeness (QED) is 0.557. The maximum Gasteiger partial charge on any atom is 0.253 e. The van der Waals surface area contributed by atoms with E-state index in [0.717, 1.165) is 6.42 Å².